The van der Waals surface area contributed by atoms with E-state index in [1.54, 1.807) is 18.3 Å². The summed E-state index contributed by atoms with van der Waals surface area (Å²) in [4.78, 5) is 20.2. The molecule has 7 heteroatoms. The summed E-state index contributed by atoms with van der Waals surface area (Å²) in [6.45, 7) is 5.75. The Morgan fingerprint density at radius 1 is 1.45 bits per heavy atom. The topological polar surface area (TPSA) is 98.7 Å². The van der Waals surface area contributed by atoms with Crippen LogP contribution in [0, 0.1) is 5.41 Å². The molecular formula is C13H18N6O. The van der Waals surface area contributed by atoms with Gasteiger partial charge in [-0.2, -0.15) is 5.10 Å². The number of rotatable bonds is 3. The van der Waals surface area contributed by atoms with Crippen LogP contribution in [0.1, 0.15) is 20.8 Å². The molecule has 1 unspecified atom stereocenters. The highest BCUT2D eigenvalue weighted by molar-refractivity contribution is 5.96. The van der Waals surface area contributed by atoms with E-state index in [1.165, 1.54) is 17.3 Å². The molecule has 0 radical (unpaired) electrons. The minimum Gasteiger partial charge on any atom is -0.322 e. The number of nitrogens with zero attached hydrogens (tertiary/aromatic N) is 4. The van der Waals surface area contributed by atoms with Crippen LogP contribution in [0.3, 0.4) is 0 Å². The van der Waals surface area contributed by atoms with Gasteiger partial charge in [0, 0.05) is 6.20 Å². The molecule has 0 aliphatic heterocycles. The molecule has 2 aromatic rings. The van der Waals surface area contributed by atoms with Crippen molar-refractivity contribution in [2.75, 3.05) is 5.32 Å². The summed E-state index contributed by atoms with van der Waals surface area (Å²) in [5.74, 6) is 0.242. The van der Waals surface area contributed by atoms with Crippen LogP contribution in [0.15, 0.2) is 31.0 Å². The third-order valence-corrected chi connectivity index (χ3v) is 2.90. The first kappa shape index (κ1) is 14.1. The Bertz CT molecular complexity index is 587. The highest BCUT2D eigenvalue weighted by atomic mass is 16.2. The van der Waals surface area contributed by atoms with E-state index < -0.39 is 6.04 Å². The maximum Gasteiger partial charge on any atom is 0.241 e. The predicted molar refractivity (Wildman–Crippen MR) is 75.2 cm³/mol. The summed E-state index contributed by atoms with van der Waals surface area (Å²) < 4.78 is 1.48. The second kappa shape index (κ2) is 5.38. The number of carbonyl (C=O) groups is 1. The fourth-order valence-corrected chi connectivity index (χ4v) is 1.60. The molecule has 0 saturated heterocycles. The van der Waals surface area contributed by atoms with Crippen molar-refractivity contribution in [1.82, 2.24) is 19.7 Å². The number of anilines is 1. The predicted octanol–water partition coefficient (Wildman–Crippen LogP) is 0.974. The third kappa shape index (κ3) is 3.00. The number of carbonyl (C=O) groups excluding carboxylic acids is 1. The zero-order valence-electron chi connectivity index (χ0n) is 11.7. The van der Waals surface area contributed by atoms with Crippen molar-refractivity contribution in [3.05, 3.63) is 31.0 Å². The van der Waals surface area contributed by atoms with Gasteiger partial charge in [0.05, 0.1) is 11.7 Å². The van der Waals surface area contributed by atoms with Gasteiger partial charge in [0.15, 0.2) is 5.82 Å². The standard InChI is InChI=1S/C13H18N6O/c1-13(2,3)10(14)12(20)18-9-5-4-6-16-11(9)19-8-15-7-17-19/h4-8,10H,14H2,1-3H3,(H,18,20). The van der Waals surface area contributed by atoms with Crippen LogP contribution in [-0.4, -0.2) is 31.7 Å². The maximum absolute atomic E-state index is 12.2. The van der Waals surface area contributed by atoms with Gasteiger partial charge in [0.2, 0.25) is 5.91 Å². The van der Waals surface area contributed by atoms with Gasteiger partial charge < -0.3 is 11.1 Å². The van der Waals surface area contributed by atoms with Gasteiger partial charge in [-0.1, -0.05) is 20.8 Å². The zero-order valence-corrected chi connectivity index (χ0v) is 11.7. The Morgan fingerprint density at radius 3 is 2.80 bits per heavy atom. The molecule has 0 aliphatic carbocycles. The highest BCUT2D eigenvalue weighted by Gasteiger charge is 2.28. The quantitative estimate of drug-likeness (QED) is 0.869. The first-order valence-electron chi connectivity index (χ1n) is 6.26. The van der Waals surface area contributed by atoms with E-state index in [1.807, 2.05) is 20.8 Å². The number of hydrogen-bond acceptors (Lipinski definition) is 5. The average molecular weight is 274 g/mol. The van der Waals surface area contributed by atoms with Crippen LogP contribution in [0.25, 0.3) is 5.82 Å². The van der Waals surface area contributed by atoms with Crippen LogP contribution in [0.4, 0.5) is 5.69 Å². The van der Waals surface area contributed by atoms with Gasteiger partial charge in [0.1, 0.15) is 12.7 Å². The first-order chi connectivity index (χ1) is 9.39. The number of nitrogens with one attached hydrogen (secondary N) is 1. The van der Waals surface area contributed by atoms with E-state index in [-0.39, 0.29) is 11.3 Å². The fraction of sp³-hybridized carbons (Fsp3) is 0.385. The molecule has 1 atom stereocenters. The second-order valence-corrected chi connectivity index (χ2v) is 5.55. The monoisotopic (exact) mass is 274 g/mol. The number of amides is 1. The zero-order chi connectivity index (χ0) is 14.8. The first-order valence-corrected chi connectivity index (χ1v) is 6.26. The number of nitrogens with two attached hydrogens (primary N) is 1. The number of pyridine rings is 1. The normalized spacial score (nSPS) is 13.0. The molecular weight excluding hydrogens is 256 g/mol. The average Bonchev–Trinajstić information content (AvgIpc) is 2.91. The molecule has 7 nitrogen and oxygen atoms in total. The van der Waals surface area contributed by atoms with Crippen molar-refractivity contribution >= 4 is 11.6 Å². The van der Waals surface area contributed by atoms with Crippen molar-refractivity contribution < 1.29 is 4.79 Å². The van der Waals surface area contributed by atoms with Crippen molar-refractivity contribution in [1.29, 1.82) is 0 Å². The van der Waals surface area contributed by atoms with Gasteiger partial charge in [-0.25, -0.2) is 14.6 Å². The second-order valence-electron chi connectivity index (χ2n) is 5.55. The highest BCUT2D eigenvalue weighted by Crippen LogP contribution is 2.21. The molecule has 20 heavy (non-hydrogen) atoms. The Kier molecular flexibility index (Phi) is 3.80. The summed E-state index contributed by atoms with van der Waals surface area (Å²) in [5, 5.41) is 6.80. The minimum absolute atomic E-state index is 0.258. The molecule has 3 N–H and O–H groups in total. The van der Waals surface area contributed by atoms with E-state index in [4.69, 9.17) is 5.73 Å². The van der Waals surface area contributed by atoms with E-state index >= 15 is 0 Å². The smallest absolute Gasteiger partial charge is 0.241 e. The van der Waals surface area contributed by atoms with E-state index in [9.17, 15) is 4.79 Å². The lowest BCUT2D eigenvalue weighted by Gasteiger charge is -2.26. The van der Waals surface area contributed by atoms with Crippen molar-refractivity contribution in [3.8, 4) is 5.82 Å². The van der Waals surface area contributed by atoms with Crippen LogP contribution in [0.2, 0.25) is 0 Å². The summed E-state index contributed by atoms with van der Waals surface area (Å²) in [7, 11) is 0. The molecule has 2 rings (SSSR count). The third-order valence-electron chi connectivity index (χ3n) is 2.90. The van der Waals surface area contributed by atoms with Crippen molar-refractivity contribution in [2.24, 2.45) is 11.1 Å². The Balaban J connectivity index is 2.25. The van der Waals surface area contributed by atoms with E-state index in [0.717, 1.165) is 0 Å². The fourth-order valence-electron chi connectivity index (χ4n) is 1.60. The Morgan fingerprint density at radius 2 is 2.20 bits per heavy atom. The van der Waals surface area contributed by atoms with Crippen LogP contribution in [-0.2, 0) is 4.79 Å². The molecule has 0 bridgehead atoms. The van der Waals surface area contributed by atoms with Gasteiger partial charge in [-0.05, 0) is 17.5 Å². The largest absolute Gasteiger partial charge is 0.322 e. The number of hydrogen-bond donors (Lipinski definition) is 2. The Hall–Kier alpha value is -2.28. The minimum atomic E-state index is -0.619. The molecule has 106 valence electrons. The summed E-state index contributed by atoms with van der Waals surface area (Å²) in [6, 6.07) is 2.86. The Labute approximate surface area is 117 Å². The maximum atomic E-state index is 12.2. The lowest BCUT2D eigenvalue weighted by molar-refractivity contribution is -0.119. The molecule has 2 aromatic heterocycles. The van der Waals surface area contributed by atoms with Crippen LogP contribution in [0.5, 0.6) is 0 Å². The molecule has 2 heterocycles. The van der Waals surface area contributed by atoms with Gasteiger partial charge in [0.25, 0.3) is 0 Å². The summed E-state index contributed by atoms with van der Waals surface area (Å²) in [5.41, 5.74) is 6.17. The molecule has 0 fully saturated rings. The lowest BCUT2D eigenvalue weighted by atomic mass is 9.87. The van der Waals surface area contributed by atoms with Gasteiger partial charge >= 0.3 is 0 Å². The SMILES string of the molecule is CC(C)(C)C(N)C(=O)Nc1cccnc1-n1cncn1. The summed E-state index contributed by atoms with van der Waals surface area (Å²) >= 11 is 0. The van der Waals surface area contributed by atoms with E-state index in [2.05, 4.69) is 20.4 Å². The number of aromatic nitrogens is 4. The van der Waals surface area contributed by atoms with Crippen LogP contribution < -0.4 is 11.1 Å². The van der Waals surface area contributed by atoms with E-state index in [0.29, 0.717) is 11.5 Å². The van der Waals surface area contributed by atoms with Gasteiger partial charge in [-0.3, -0.25) is 4.79 Å². The van der Waals surface area contributed by atoms with Crippen LogP contribution >= 0.6 is 0 Å². The van der Waals surface area contributed by atoms with Crippen molar-refractivity contribution in [2.45, 2.75) is 26.8 Å². The van der Waals surface area contributed by atoms with Crippen molar-refractivity contribution in [3.63, 3.8) is 0 Å². The lowest BCUT2D eigenvalue weighted by Crippen LogP contribution is -2.45. The molecule has 1 amide bonds. The summed E-state index contributed by atoms with van der Waals surface area (Å²) in [6.07, 6.45) is 4.54. The molecule has 0 aliphatic rings. The van der Waals surface area contributed by atoms with Gasteiger partial charge in [-0.15, -0.1) is 0 Å². The molecule has 0 aromatic carbocycles. The molecule has 0 saturated carbocycles. The molecule has 0 spiro atoms.